The van der Waals surface area contributed by atoms with Crippen molar-refractivity contribution in [2.45, 2.75) is 52.6 Å². The van der Waals surface area contributed by atoms with Crippen LogP contribution < -0.4 is 5.32 Å². The van der Waals surface area contributed by atoms with Gasteiger partial charge in [-0.05, 0) is 58.9 Å². The maximum atomic E-state index is 3.63. The Bertz CT molecular complexity index is 213. The summed E-state index contributed by atoms with van der Waals surface area (Å²) in [6, 6.07) is 0.750. The van der Waals surface area contributed by atoms with E-state index in [2.05, 4.69) is 56.6 Å². The number of likely N-dealkylation sites (tertiary alicyclic amines) is 1. The van der Waals surface area contributed by atoms with Crippen molar-refractivity contribution >= 4 is 11.8 Å². The van der Waals surface area contributed by atoms with E-state index in [-0.39, 0.29) is 5.54 Å². The number of nitrogens with one attached hydrogen (secondary N) is 1. The van der Waals surface area contributed by atoms with Crippen molar-refractivity contribution < 1.29 is 0 Å². The van der Waals surface area contributed by atoms with Gasteiger partial charge in [-0.15, -0.1) is 0 Å². The predicted molar refractivity (Wildman–Crippen MR) is 79.9 cm³/mol. The third-order valence-electron chi connectivity index (χ3n) is 3.42. The molecule has 1 saturated heterocycles. The smallest absolute Gasteiger partial charge is 0.0158 e. The lowest BCUT2D eigenvalue weighted by molar-refractivity contribution is 0.263. The van der Waals surface area contributed by atoms with Gasteiger partial charge in [-0.25, -0.2) is 0 Å². The highest BCUT2D eigenvalue weighted by atomic mass is 32.2. The predicted octanol–water partition coefficient (Wildman–Crippen LogP) is 2.84. The summed E-state index contributed by atoms with van der Waals surface area (Å²) in [4.78, 5) is 2.66. The molecule has 0 saturated carbocycles. The number of rotatable bonds is 6. The summed E-state index contributed by atoms with van der Waals surface area (Å²) in [6.45, 7) is 15.1. The van der Waals surface area contributed by atoms with Crippen LogP contribution in [0.1, 0.15) is 41.0 Å². The lowest BCUT2D eigenvalue weighted by atomic mass is 10.1. The van der Waals surface area contributed by atoms with Gasteiger partial charge in [0.1, 0.15) is 0 Å². The summed E-state index contributed by atoms with van der Waals surface area (Å²) in [5, 5.41) is 3.63. The van der Waals surface area contributed by atoms with E-state index >= 15 is 0 Å². The number of thioether (sulfide) groups is 1. The molecule has 1 N–H and O–H groups in total. The average Bonchev–Trinajstić information content (AvgIpc) is 2.70. The molecule has 1 aliphatic heterocycles. The van der Waals surface area contributed by atoms with Crippen LogP contribution in [0.5, 0.6) is 0 Å². The quantitative estimate of drug-likeness (QED) is 0.789. The first kappa shape index (κ1) is 15.3. The first-order valence-corrected chi connectivity index (χ1v) is 8.14. The third-order valence-corrected chi connectivity index (χ3v) is 4.55. The topological polar surface area (TPSA) is 15.3 Å². The summed E-state index contributed by atoms with van der Waals surface area (Å²) >= 11 is 2.06. The highest BCUT2D eigenvalue weighted by Gasteiger charge is 2.26. The van der Waals surface area contributed by atoms with Crippen LogP contribution in [-0.2, 0) is 0 Å². The van der Waals surface area contributed by atoms with Crippen LogP contribution in [0.3, 0.4) is 0 Å². The zero-order valence-electron chi connectivity index (χ0n) is 12.3. The average molecular weight is 258 g/mol. The Morgan fingerprint density at radius 1 is 1.41 bits per heavy atom. The molecule has 2 nitrogen and oxygen atoms in total. The highest BCUT2D eigenvalue weighted by Crippen LogP contribution is 2.20. The molecule has 0 spiro atoms. The van der Waals surface area contributed by atoms with Gasteiger partial charge in [-0.2, -0.15) is 11.8 Å². The molecule has 0 bridgehead atoms. The standard InChI is InChI=1S/C14H30N2S/c1-6-17-11-12(2)16-8-7-13(10-16)9-15-14(3,4)5/h12-13,15H,6-11H2,1-5H3. The van der Waals surface area contributed by atoms with Crippen molar-refractivity contribution in [3.63, 3.8) is 0 Å². The van der Waals surface area contributed by atoms with Gasteiger partial charge in [0.15, 0.2) is 0 Å². The summed E-state index contributed by atoms with van der Waals surface area (Å²) in [7, 11) is 0. The molecule has 1 rings (SSSR count). The Balaban J connectivity index is 2.22. The van der Waals surface area contributed by atoms with Gasteiger partial charge in [-0.1, -0.05) is 6.92 Å². The second kappa shape index (κ2) is 7.01. The molecule has 1 fully saturated rings. The Labute approximate surface area is 112 Å². The van der Waals surface area contributed by atoms with Crippen LogP contribution in [0.2, 0.25) is 0 Å². The summed E-state index contributed by atoms with van der Waals surface area (Å²) < 4.78 is 0. The van der Waals surface area contributed by atoms with E-state index in [0.29, 0.717) is 0 Å². The molecule has 0 aromatic heterocycles. The van der Waals surface area contributed by atoms with Gasteiger partial charge >= 0.3 is 0 Å². The lowest BCUT2D eigenvalue weighted by Gasteiger charge is -2.25. The number of hydrogen-bond acceptors (Lipinski definition) is 3. The van der Waals surface area contributed by atoms with Crippen molar-refractivity contribution in [3.05, 3.63) is 0 Å². The molecule has 0 amide bonds. The van der Waals surface area contributed by atoms with Crippen molar-refractivity contribution in [1.29, 1.82) is 0 Å². The molecular weight excluding hydrogens is 228 g/mol. The minimum atomic E-state index is 0.261. The van der Waals surface area contributed by atoms with E-state index in [4.69, 9.17) is 0 Å². The van der Waals surface area contributed by atoms with Crippen LogP contribution in [0.25, 0.3) is 0 Å². The Hall–Kier alpha value is 0.270. The second-order valence-corrected chi connectivity index (χ2v) is 7.61. The van der Waals surface area contributed by atoms with Gasteiger partial charge in [0, 0.05) is 23.9 Å². The minimum Gasteiger partial charge on any atom is -0.312 e. The van der Waals surface area contributed by atoms with Gasteiger partial charge in [-0.3, -0.25) is 4.90 Å². The lowest BCUT2D eigenvalue weighted by Crippen LogP contribution is -2.40. The number of nitrogens with zero attached hydrogens (tertiary/aromatic N) is 1. The van der Waals surface area contributed by atoms with Crippen molar-refractivity contribution in [2.75, 3.05) is 31.1 Å². The maximum absolute atomic E-state index is 3.63. The fourth-order valence-electron chi connectivity index (χ4n) is 2.27. The molecule has 0 radical (unpaired) electrons. The molecule has 102 valence electrons. The Morgan fingerprint density at radius 2 is 2.12 bits per heavy atom. The minimum absolute atomic E-state index is 0.261. The van der Waals surface area contributed by atoms with Crippen LogP contribution in [-0.4, -0.2) is 47.6 Å². The normalized spacial score (nSPS) is 24.2. The molecule has 1 heterocycles. The largest absolute Gasteiger partial charge is 0.312 e. The zero-order chi connectivity index (χ0) is 12.9. The SMILES string of the molecule is CCSCC(C)N1CCC(CNC(C)(C)C)C1. The molecule has 1 aliphatic rings. The molecule has 0 aromatic rings. The first-order valence-electron chi connectivity index (χ1n) is 6.99. The Kier molecular flexibility index (Phi) is 6.32. The molecule has 0 aromatic carbocycles. The van der Waals surface area contributed by atoms with Gasteiger partial charge in [0.05, 0.1) is 0 Å². The molecular formula is C14H30N2S. The van der Waals surface area contributed by atoms with E-state index in [0.717, 1.165) is 12.0 Å². The molecule has 3 heteroatoms. The monoisotopic (exact) mass is 258 g/mol. The van der Waals surface area contributed by atoms with E-state index in [1.807, 2.05) is 0 Å². The van der Waals surface area contributed by atoms with Gasteiger partial charge in [0.2, 0.25) is 0 Å². The Morgan fingerprint density at radius 3 is 2.71 bits per heavy atom. The fraction of sp³-hybridized carbons (Fsp3) is 1.00. The van der Waals surface area contributed by atoms with E-state index < -0.39 is 0 Å². The number of hydrogen-bond donors (Lipinski definition) is 1. The van der Waals surface area contributed by atoms with E-state index in [9.17, 15) is 0 Å². The fourth-order valence-corrected chi connectivity index (χ4v) is 3.06. The van der Waals surface area contributed by atoms with Crippen molar-refractivity contribution in [3.8, 4) is 0 Å². The molecule has 17 heavy (non-hydrogen) atoms. The van der Waals surface area contributed by atoms with Crippen LogP contribution in [0.15, 0.2) is 0 Å². The summed E-state index contributed by atoms with van der Waals surface area (Å²) in [5.41, 5.74) is 0.261. The zero-order valence-corrected chi connectivity index (χ0v) is 13.1. The maximum Gasteiger partial charge on any atom is 0.0158 e. The molecule has 0 aliphatic carbocycles. The van der Waals surface area contributed by atoms with Gasteiger partial charge < -0.3 is 5.32 Å². The highest BCUT2D eigenvalue weighted by molar-refractivity contribution is 7.99. The second-order valence-electron chi connectivity index (χ2n) is 6.29. The van der Waals surface area contributed by atoms with Crippen LogP contribution >= 0.6 is 11.8 Å². The van der Waals surface area contributed by atoms with Crippen LogP contribution in [0, 0.1) is 5.92 Å². The summed E-state index contributed by atoms with van der Waals surface area (Å²) in [6.07, 6.45) is 1.37. The third kappa shape index (κ3) is 6.12. The summed E-state index contributed by atoms with van der Waals surface area (Å²) in [5.74, 6) is 3.38. The van der Waals surface area contributed by atoms with Crippen LogP contribution in [0.4, 0.5) is 0 Å². The van der Waals surface area contributed by atoms with Gasteiger partial charge in [0.25, 0.3) is 0 Å². The first-order chi connectivity index (χ1) is 7.92. The van der Waals surface area contributed by atoms with E-state index in [1.165, 1.54) is 37.6 Å². The van der Waals surface area contributed by atoms with Crippen molar-refractivity contribution in [1.82, 2.24) is 10.2 Å². The molecule has 2 unspecified atom stereocenters. The van der Waals surface area contributed by atoms with Crippen molar-refractivity contribution in [2.24, 2.45) is 5.92 Å². The van der Waals surface area contributed by atoms with E-state index in [1.54, 1.807) is 0 Å². The molecule has 2 atom stereocenters.